The standard InChI is InChI=1S/C14H23N3O/c1-2-17-11-12(10-16-17)9-14(18)7-6-13-5-3-4-8-15-13/h10-11,13,15H,2-9H2,1H3. The number of hydrogen-bond acceptors (Lipinski definition) is 3. The van der Waals surface area contributed by atoms with Gasteiger partial charge in [-0.3, -0.25) is 9.48 Å². The van der Waals surface area contributed by atoms with E-state index in [9.17, 15) is 4.79 Å². The molecule has 1 atom stereocenters. The number of hydrogen-bond donors (Lipinski definition) is 1. The zero-order valence-corrected chi connectivity index (χ0v) is 11.2. The van der Waals surface area contributed by atoms with Gasteiger partial charge in [0.15, 0.2) is 0 Å². The average molecular weight is 249 g/mol. The zero-order chi connectivity index (χ0) is 12.8. The van der Waals surface area contributed by atoms with Gasteiger partial charge in [0.05, 0.1) is 6.20 Å². The van der Waals surface area contributed by atoms with Crippen LogP contribution in [0.15, 0.2) is 12.4 Å². The Bertz CT molecular complexity index is 380. The van der Waals surface area contributed by atoms with Crippen LogP contribution in [0.3, 0.4) is 0 Å². The molecule has 1 aromatic rings. The maximum absolute atomic E-state index is 11.9. The van der Waals surface area contributed by atoms with E-state index < -0.39 is 0 Å². The van der Waals surface area contributed by atoms with E-state index in [1.165, 1.54) is 19.3 Å². The van der Waals surface area contributed by atoms with Crippen molar-refractivity contribution in [3.63, 3.8) is 0 Å². The topological polar surface area (TPSA) is 46.9 Å². The van der Waals surface area contributed by atoms with Gasteiger partial charge in [0, 0.05) is 31.6 Å². The number of Topliss-reactive ketones (excluding diaryl/α,β-unsaturated/α-hetero) is 1. The van der Waals surface area contributed by atoms with E-state index in [1.807, 2.05) is 17.8 Å². The summed E-state index contributed by atoms with van der Waals surface area (Å²) in [5.41, 5.74) is 1.04. The van der Waals surface area contributed by atoms with Gasteiger partial charge < -0.3 is 5.32 Å². The molecule has 1 N–H and O–H groups in total. The maximum atomic E-state index is 11.9. The second-order valence-electron chi connectivity index (χ2n) is 5.11. The zero-order valence-electron chi connectivity index (χ0n) is 11.2. The van der Waals surface area contributed by atoms with E-state index >= 15 is 0 Å². The molecule has 1 aliphatic heterocycles. The number of aryl methyl sites for hydroxylation is 1. The molecular formula is C14H23N3O. The molecule has 100 valence electrons. The van der Waals surface area contributed by atoms with Crippen molar-refractivity contribution in [3.05, 3.63) is 18.0 Å². The first-order valence-electron chi connectivity index (χ1n) is 7.04. The molecule has 2 heterocycles. The largest absolute Gasteiger partial charge is 0.314 e. The van der Waals surface area contributed by atoms with Crippen molar-refractivity contribution in [2.24, 2.45) is 0 Å². The van der Waals surface area contributed by atoms with Crippen molar-refractivity contribution < 1.29 is 4.79 Å². The summed E-state index contributed by atoms with van der Waals surface area (Å²) >= 11 is 0. The molecule has 0 amide bonds. The molecule has 0 radical (unpaired) electrons. The Morgan fingerprint density at radius 3 is 3.11 bits per heavy atom. The van der Waals surface area contributed by atoms with Crippen LogP contribution in [-0.2, 0) is 17.8 Å². The molecule has 0 spiro atoms. The number of aromatic nitrogens is 2. The van der Waals surface area contributed by atoms with Crippen LogP contribution in [0.5, 0.6) is 0 Å². The van der Waals surface area contributed by atoms with Crippen molar-refractivity contribution in [2.75, 3.05) is 6.54 Å². The van der Waals surface area contributed by atoms with E-state index in [0.717, 1.165) is 25.1 Å². The number of nitrogens with one attached hydrogen (secondary N) is 1. The summed E-state index contributed by atoms with van der Waals surface area (Å²) in [6.07, 6.45) is 9.79. The van der Waals surface area contributed by atoms with Crippen LogP contribution < -0.4 is 5.32 Å². The van der Waals surface area contributed by atoms with Crippen LogP contribution in [0.25, 0.3) is 0 Å². The number of rotatable bonds is 6. The minimum absolute atomic E-state index is 0.332. The number of carbonyl (C=O) groups is 1. The Balaban J connectivity index is 1.71. The first-order valence-corrected chi connectivity index (χ1v) is 7.04. The van der Waals surface area contributed by atoms with Crippen LogP contribution in [0.4, 0.5) is 0 Å². The van der Waals surface area contributed by atoms with Crippen LogP contribution in [0.2, 0.25) is 0 Å². The van der Waals surface area contributed by atoms with E-state index in [1.54, 1.807) is 6.20 Å². The SMILES string of the molecule is CCn1cc(CC(=O)CCC2CCCCN2)cn1. The summed E-state index contributed by atoms with van der Waals surface area (Å²) in [5.74, 6) is 0.332. The molecule has 1 aromatic heterocycles. The predicted octanol–water partition coefficient (Wildman–Crippen LogP) is 1.94. The van der Waals surface area contributed by atoms with E-state index in [-0.39, 0.29) is 0 Å². The van der Waals surface area contributed by atoms with Gasteiger partial charge in [-0.25, -0.2) is 0 Å². The molecule has 0 aliphatic carbocycles. The Morgan fingerprint density at radius 1 is 1.56 bits per heavy atom. The number of ketones is 1. The Labute approximate surface area is 109 Å². The van der Waals surface area contributed by atoms with E-state index in [4.69, 9.17) is 0 Å². The fraction of sp³-hybridized carbons (Fsp3) is 0.714. The number of carbonyl (C=O) groups excluding carboxylic acids is 1. The molecule has 1 fully saturated rings. The lowest BCUT2D eigenvalue weighted by molar-refractivity contribution is -0.118. The van der Waals surface area contributed by atoms with E-state index in [2.05, 4.69) is 10.4 Å². The number of piperidine rings is 1. The lowest BCUT2D eigenvalue weighted by atomic mass is 9.98. The molecule has 0 bridgehead atoms. The van der Waals surface area contributed by atoms with Crippen molar-refractivity contribution in [1.29, 1.82) is 0 Å². The summed E-state index contributed by atoms with van der Waals surface area (Å²) < 4.78 is 1.87. The molecular weight excluding hydrogens is 226 g/mol. The molecule has 0 saturated carbocycles. The van der Waals surface area contributed by atoms with Gasteiger partial charge in [0.1, 0.15) is 5.78 Å². The third kappa shape index (κ3) is 3.95. The molecule has 4 heteroatoms. The second-order valence-corrected chi connectivity index (χ2v) is 5.11. The monoisotopic (exact) mass is 249 g/mol. The first-order chi connectivity index (χ1) is 8.78. The number of nitrogens with zero attached hydrogens (tertiary/aromatic N) is 2. The molecule has 4 nitrogen and oxygen atoms in total. The van der Waals surface area contributed by atoms with Crippen LogP contribution >= 0.6 is 0 Å². The fourth-order valence-electron chi connectivity index (χ4n) is 2.49. The highest BCUT2D eigenvalue weighted by Crippen LogP contribution is 2.13. The van der Waals surface area contributed by atoms with Crippen molar-refractivity contribution in [1.82, 2.24) is 15.1 Å². The quantitative estimate of drug-likeness (QED) is 0.838. The van der Waals surface area contributed by atoms with Gasteiger partial charge in [0.2, 0.25) is 0 Å². The smallest absolute Gasteiger partial charge is 0.137 e. The lowest BCUT2D eigenvalue weighted by Crippen LogP contribution is -2.34. The third-order valence-corrected chi connectivity index (χ3v) is 3.60. The molecule has 1 saturated heterocycles. The van der Waals surface area contributed by atoms with E-state index in [0.29, 0.717) is 24.7 Å². The minimum atomic E-state index is 0.332. The lowest BCUT2D eigenvalue weighted by Gasteiger charge is -2.22. The summed E-state index contributed by atoms with van der Waals surface area (Å²) in [7, 11) is 0. The van der Waals surface area contributed by atoms with Gasteiger partial charge in [-0.05, 0) is 38.3 Å². The fourth-order valence-corrected chi connectivity index (χ4v) is 2.49. The second kappa shape index (κ2) is 6.69. The highest BCUT2D eigenvalue weighted by molar-refractivity contribution is 5.80. The minimum Gasteiger partial charge on any atom is -0.314 e. The summed E-state index contributed by atoms with van der Waals surface area (Å²) in [6, 6.07) is 0.557. The van der Waals surface area contributed by atoms with Crippen LogP contribution in [-0.4, -0.2) is 28.2 Å². The first kappa shape index (κ1) is 13.3. The normalized spacial score (nSPS) is 19.9. The highest BCUT2D eigenvalue weighted by Gasteiger charge is 2.14. The van der Waals surface area contributed by atoms with Crippen molar-refractivity contribution >= 4 is 5.78 Å². The average Bonchev–Trinajstić information content (AvgIpc) is 2.85. The van der Waals surface area contributed by atoms with Gasteiger partial charge >= 0.3 is 0 Å². The Morgan fingerprint density at radius 2 is 2.44 bits per heavy atom. The van der Waals surface area contributed by atoms with Gasteiger partial charge in [0.25, 0.3) is 0 Å². The van der Waals surface area contributed by atoms with Gasteiger partial charge in [-0.15, -0.1) is 0 Å². The summed E-state index contributed by atoms with van der Waals surface area (Å²) in [6.45, 7) is 4.02. The van der Waals surface area contributed by atoms with Gasteiger partial charge in [-0.1, -0.05) is 6.42 Å². The molecule has 2 rings (SSSR count). The molecule has 18 heavy (non-hydrogen) atoms. The molecule has 1 aliphatic rings. The van der Waals surface area contributed by atoms with Crippen molar-refractivity contribution in [2.45, 2.75) is 58.0 Å². The third-order valence-electron chi connectivity index (χ3n) is 3.60. The highest BCUT2D eigenvalue weighted by atomic mass is 16.1. The predicted molar refractivity (Wildman–Crippen MR) is 71.5 cm³/mol. The summed E-state index contributed by atoms with van der Waals surface area (Å²) in [4.78, 5) is 11.9. The van der Waals surface area contributed by atoms with Gasteiger partial charge in [-0.2, -0.15) is 5.10 Å². The van der Waals surface area contributed by atoms with Crippen LogP contribution in [0, 0.1) is 0 Å². The molecule has 0 aromatic carbocycles. The Hall–Kier alpha value is -1.16. The maximum Gasteiger partial charge on any atom is 0.137 e. The summed E-state index contributed by atoms with van der Waals surface area (Å²) in [5, 5.41) is 7.67. The van der Waals surface area contributed by atoms with Crippen LogP contribution in [0.1, 0.15) is 44.6 Å². The van der Waals surface area contributed by atoms with Crippen molar-refractivity contribution in [3.8, 4) is 0 Å². The Kier molecular flexibility index (Phi) is 4.93. The molecule has 1 unspecified atom stereocenters.